The van der Waals surface area contributed by atoms with E-state index < -0.39 is 5.56 Å². The predicted molar refractivity (Wildman–Crippen MR) is 60.0 cm³/mol. The number of H-pyrrole nitrogens is 1. The van der Waals surface area contributed by atoms with E-state index in [1.165, 1.54) is 13.1 Å². The molecule has 1 aliphatic carbocycles. The second-order valence-corrected chi connectivity index (χ2v) is 3.67. The number of fused-ring (bicyclic) bond motifs is 1. The van der Waals surface area contributed by atoms with E-state index in [0.29, 0.717) is 6.61 Å². The van der Waals surface area contributed by atoms with Gasteiger partial charge in [-0.2, -0.15) is 0 Å². The van der Waals surface area contributed by atoms with Crippen LogP contribution in [-0.4, -0.2) is 23.2 Å². The van der Waals surface area contributed by atoms with Crippen LogP contribution in [0.3, 0.4) is 0 Å². The first kappa shape index (κ1) is 11.3. The Kier molecular flexibility index (Phi) is 2.67. The van der Waals surface area contributed by atoms with Gasteiger partial charge in [0.2, 0.25) is 11.3 Å². The molecule has 1 N–H and O–H groups in total. The fraction of sp³-hybridized carbons (Fsp3) is 0.250. The largest absolute Gasteiger partial charge is 0.489 e. The van der Waals surface area contributed by atoms with Crippen LogP contribution < -0.4 is 5.56 Å². The molecule has 1 aliphatic rings. The molecule has 0 atom stereocenters. The van der Waals surface area contributed by atoms with Crippen molar-refractivity contribution in [2.75, 3.05) is 6.61 Å². The fourth-order valence-corrected chi connectivity index (χ4v) is 1.76. The van der Waals surface area contributed by atoms with Crippen LogP contribution in [0.5, 0.6) is 0 Å². The fourth-order valence-electron chi connectivity index (χ4n) is 1.76. The minimum atomic E-state index is -0.405. The highest BCUT2D eigenvalue weighted by Gasteiger charge is 2.31. The van der Waals surface area contributed by atoms with Crippen molar-refractivity contribution in [3.05, 3.63) is 45.1 Å². The molecule has 5 nitrogen and oxygen atoms in total. The number of carbonyl (C=O) groups is 2. The molecule has 2 rings (SSSR count). The summed E-state index contributed by atoms with van der Waals surface area (Å²) in [6.45, 7) is 3.57. The Labute approximate surface area is 97.1 Å². The number of aromatic nitrogens is 1. The lowest BCUT2D eigenvalue weighted by molar-refractivity contribution is 0.0880. The first-order chi connectivity index (χ1) is 8.06. The Bertz CT molecular complexity index is 595. The van der Waals surface area contributed by atoms with E-state index in [4.69, 9.17) is 4.74 Å². The summed E-state index contributed by atoms with van der Waals surface area (Å²) in [5, 5.41) is 0. The SMILES string of the molecule is CCOC1=C(C)C(=O)c2cc(=O)[nH]cc2C1=O. The summed E-state index contributed by atoms with van der Waals surface area (Å²) < 4.78 is 5.18. The van der Waals surface area contributed by atoms with Crippen molar-refractivity contribution in [2.24, 2.45) is 0 Å². The summed E-state index contributed by atoms with van der Waals surface area (Å²) in [5.41, 5.74) is 0.163. The van der Waals surface area contributed by atoms with E-state index in [9.17, 15) is 14.4 Å². The lowest BCUT2D eigenvalue weighted by Crippen LogP contribution is -2.25. The molecule has 0 aliphatic heterocycles. The molecule has 0 bridgehead atoms. The zero-order valence-electron chi connectivity index (χ0n) is 9.49. The van der Waals surface area contributed by atoms with E-state index in [0.717, 1.165) is 6.07 Å². The van der Waals surface area contributed by atoms with Crippen molar-refractivity contribution >= 4 is 11.6 Å². The highest BCUT2D eigenvalue weighted by molar-refractivity contribution is 6.25. The zero-order chi connectivity index (χ0) is 12.6. The van der Waals surface area contributed by atoms with Gasteiger partial charge in [0.15, 0.2) is 11.5 Å². The number of ketones is 2. The van der Waals surface area contributed by atoms with Crippen molar-refractivity contribution in [2.45, 2.75) is 13.8 Å². The maximum atomic E-state index is 12.0. The van der Waals surface area contributed by atoms with Gasteiger partial charge in [-0.05, 0) is 13.8 Å². The van der Waals surface area contributed by atoms with Gasteiger partial charge in [-0.25, -0.2) is 0 Å². The molecule has 88 valence electrons. The van der Waals surface area contributed by atoms with Gasteiger partial charge in [-0.3, -0.25) is 14.4 Å². The lowest BCUT2D eigenvalue weighted by atomic mass is 9.90. The minimum absolute atomic E-state index is 0.0667. The molecule has 0 saturated carbocycles. The number of allylic oxidation sites excluding steroid dienone is 2. The zero-order valence-corrected chi connectivity index (χ0v) is 9.49. The quantitative estimate of drug-likeness (QED) is 0.828. The number of aromatic amines is 1. The second-order valence-electron chi connectivity index (χ2n) is 3.67. The maximum Gasteiger partial charge on any atom is 0.248 e. The summed E-state index contributed by atoms with van der Waals surface area (Å²) in [6.07, 6.45) is 1.25. The molecule has 0 fully saturated rings. The molecule has 0 amide bonds. The number of pyridine rings is 1. The summed E-state index contributed by atoms with van der Waals surface area (Å²) in [5.74, 6) is -0.638. The monoisotopic (exact) mass is 233 g/mol. The van der Waals surface area contributed by atoms with E-state index >= 15 is 0 Å². The van der Waals surface area contributed by atoms with Crippen LogP contribution in [0.25, 0.3) is 0 Å². The van der Waals surface area contributed by atoms with Crippen molar-refractivity contribution in [1.29, 1.82) is 0 Å². The van der Waals surface area contributed by atoms with Gasteiger partial charge in [0.05, 0.1) is 12.2 Å². The summed E-state index contributed by atoms with van der Waals surface area (Å²) in [6, 6.07) is 1.14. The van der Waals surface area contributed by atoms with E-state index in [-0.39, 0.29) is 34.0 Å². The smallest absolute Gasteiger partial charge is 0.248 e. The van der Waals surface area contributed by atoms with Crippen LogP contribution >= 0.6 is 0 Å². The Balaban J connectivity index is 2.64. The van der Waals surface area contributed by atoms with Gasteiger partial charge < -0.3 is 9.72 Å². The average Bonchev–Trinajstić information content (AvgIpc) is 2.32. The predicted octanol–water partition coefficient (Wildman–Crippen LogP) is 1.06. The van der Waals surface area contributed by atoms with Crippen LogP contribution in [-0.2, 0) is 4.74 Å². The standard InChI is InChI=1S/C12H11NO4/c1-3-17-12-6(2)10(15)7-4-9(14)13-5-8(7)11(12)16/h4-5H,3H2,1-2H3,(H,13,14). The Morgan fingerprint density at radius 3 is 2.53 bits per heavy atom. The molecule has 17 heavy (non-hydrogen) atoms. The number of nitrogens with one attached hydrogen (secondary N) is 1. The van der Waals surface area contributed by atoms with Crippen molar-refractivity contribution in [3.63, 3.8) is 0 Å². The average molecular weight is 233 g/mol. The van der Waals surface area contributed by atoms with Gasteiger partial charge in [-0.15, -0.1) is 0 Å². The molecule has 1 heterocycles. The third-order valence-corrected chi connectivity index (χ3v) is 2.59. The summed E-state index contributed by atoms with van der Waals surface area (Å²) in [4.78, 5) is 37.5. The van der Waals surface area contributed by atoms with Gasteiger partial charge >= 0.3 is 0 Å². The normalized spacial score (nSPS) is 14.9. The third-order valence-electron chi connectivity index (χ3n) is 2.59. The van der Waals surface area contributed by atoms with Crippen molar-refractivity contribution in [3.8, 4) is 0 Å². The molecule has 0 spiro atoms. The first-order valence-electron chi connectivity index (χ1n) is 5.22. The van der Waals surface area contributed by atoms with Crippen molar-refractivity contribution in [1.82, 2.24) is 4.98 Å². The lowest BCUT2D eigenvalue weighted by Gasteiger charge is -2.18. The van der Waals surface area contributed by atoms with Crippen LogP contribution in [0.2, 0.25) is 0 Å². The molecule has 0 radical (unpaired) electrons. The maximum absolute atomic E-state index is 12.0. The number of rotatable bonds is 2. The van der Waals surface area contributed by atoms with E-state index in [1.54, 1.807) is 6.92 Å². The van der Waals surface area contributed by atoms with E-state index in [2.05, 4.69) is 4.98 Å². The Hall–Kier alpha value is -2.17. The molecule has 1 aromatic heterocycles. The van der Waals surface area contributed by atoms with Crippen LogP contribution in [0.1, 0.15) is 34.6 Å². The molecule has 0 saturated heterocycles. The topological polar surface area (TPSA) is 76.2 Å². The number of Topliss-reactive ketones (excluding diaryl/α,β-unsaturated/α-hetero) is 2. The highest BCUT2D eigenvalue weighted by atomic mass is 16.5. The Morgan fingerprint density at radius 1 is 1.18 bits per heavy atom. The van der Waals surface area contributed by atoms with Gasteiger partial charge in [0, 0.05) is 23.4 Å². The van der Waals surface area contributed by atoms with Crippen LogP contribution in [0.15, 0.2) is 28.4 Å². The van der Waals surface area contributed by atoms with Crippen LogP contribution in [0.4, 0.5) is 0 Å². The summed E-state index contributed by atoms with van der Waals surface area (Å²) in [7, 11) is 0. The Morgan fingerprint density at radius 2 is 1.88 bits per heavy atom. The molecule has 1 aromatic rings. The van der Waals surface area contributed by atoms with E-state index in [1.807, 2.05) is 0 Å². The first-order valence-corrected chi connectivity index (χ1v) is 5.22. The molecular formula is C12H11NO4. The van der Waals surface area contributed by atoms with Gasteiger partial charge in [0.25, 0.3) is 0 Å². The van der Waals surface area contributed by atoms with Crippen molar-refractivity contribution < 1.29 is 14.3 Å². The number of carbonyl (C=O) groups excluding carboxylic acids is 2. The third kappa shape index (κ3) is 1.69. The summed E-state index contributed by atoms with van der Waals surface area (Å²) >= 11 is 0. The van der Waals surface area contributed by atoms with Gasteiger partial charge in [-0.1, -0.05) is 0 Å². The number of ether oxygens (including phenoxy) is 1. The second kappa shape index (κ2) is 4.01. The van der Waals surface area contributed by atoms with Crippen LogP contribution in [0, 0.1) is 0 Å². The van der Waals surface area contributed by atoms with Gasteiger partial charge in [0.1, 0.15) is 0 Å². The molecule has 0 aromatic carbocycles. The molecular weight excluding hydrogens is 222 g/mol. The number of hydrogen-bond acceptors (Lipinski definition) is 4. The molecule has 5 heteroatoms. The minimum Gasteiger partial charge on any atom is -0.489 e. The number of hydrogen-bond donors (Lipinski definition) is 1. The highest BCUT2D eigenvalue weighted by Crippen LogP contribution is 2.25. The molecule has 0 unspecified atom stereocenters.